The Morgan fingerprint density at radius 2 is 1.45 bits per heavy atom. The van der Waals surface area contributed by atoms with E-state index >= 15 is 0 Å². The molecule has 0 spiro atoms. The molecule has 0 radical (unpaired) electrons. The quantitative estimate of drug-likeness (QED) is 0.285. The maximum atomic E-state index is 12.2. The number of ether oxygens (including phenoxy) is 3. The van der Waals surface area contributed by atoms with E-state index in [-0.39, 0.29) is 17.2 Å². The fourth-order valence-electron chi connectivity index (χ4n) is 2.30. The number of aliphatic imine (C=N–C) groups is 1. The van der Waals surface area contributed by atoms with Crippen LogP contribution in [0.15, 0.2) is 23.2 Å². The van der Waals surface area contributed by atoms with Crippen LogP contribution in [0.1, 0.15) is 57.5 Å². The van der Waals surface area contributed by atoms with Crippen LogP contribution >= 0.6 is 0 Å². The van der Waals surface area contributed by atoms with Crippen LogP contribution in [-0.2, 0) is 20.6 Å². The maximum Gasteiger partial charge on any atom is 0.414 e. The number of esters is 1. The average molecular weight is 437 g/mol. The predicted octanol–water partition coefficient (Wildman–Crippen LogP) is 3.01. The second-order valence-electron chi connectivity index (χ2n) is 8.63. The van der Waals surface area contributed by atoms with Crippen molar-refractivity contribution in [3.63, 3.8) is 0 Å². The van der Waals surface area contributed by atoms with Gasteiger partial charge in [0.05, 0.1) is 18.4 Å². The van der Waals surface area contributed by atoms with Crippen molar-refractivity contribution in [3.8, 4) is 0 Å². The fourth-order valence-corrected chi connectivity index (χ4v) is 2.30. The Kier molecular flexibility index (Phi) is 8.99. The number of nitrogens with zero attached hydrogens (tertiary/aromatic N) is 1. The van der Waals surface area contributed by atoms with Crippen LogP contribution < -0.4 is 16.4 Å². The molecule has 0 atom stereocenters. The van der Waals surface area contributed by atoms with E-state index in [1.807, 2.05) is 0 Å². The highest BCUT2D eigenvalue weighted by molar-refractivity contribution is 6.02. The summed E-state index contributed by atoms with van der Waals surface area (Å²) < 4.78 is 15.2. The van der Waals surface area contributed by atoms with Gasteiger partial charge in [-0.1, -0.05) is 0 Å². The first-order valence-corrected chi connectivity index (χ1v) is 9.73. The number of nitrogens with two attached hydrogens (primary N) is 1. The topological polar surface area (TPSA) is 141 Å². The van der Waals surface area contributed by atoms with E-state index in [0.29, 0.717) is 13.0 Å². The largest absolute Gasteiger partial charge is 0.465 e. The molecule has 0 aliphatic carbocycles. The number of carbonyl (C=O) groups is 3. The minimum atomic E-state index is -0.825. The highest BCUT2D eigenvalue weighted by Crippen LogP contribution is 2.19. The third kappa shape index (κ3) is 10.4. The minimum absolute atomic E-state index is 0.232. The number of guanidine groups is 1. The Labute approximate surface area is 182 Å². The molecule has 0 heterocycles. The molecule has 0 bridgehead atoms. The number of alkyl carbamates (subject to hydrolysis) is 2. The van der Waals surface area contributed by atoms with Crippen molar-refractivity contribution in [1.82, 2.24) is 10.6 Å². The van der Waals surface area contributed by atoms with Crippen molar-refractivity contribution in [3.05, 3.63) is 29.3 Å². The molecule has 0 saturated carbocycles. The van der Waals surface area contributed by atoms with Crippen molar-refractivity contribution in [2.24, 2.45) is 10.7 Å². The van der Waals surface area contributed by atoms with Gasteiger partial charge in [0.1, 0.15) is 11.2 Å². The van der Waals surface area contributed by atoms with Gasteiger partial charge in [0.15, 0.2) is 0 Å². The van der Waals surface area contributed by atoms with Gasteiger partial charge >= 0.3 is 18.2 Å². The summed E-state index contributed by atoms with van der Waals surface area (Å²) >= 11 is 0. The van der Waals surface area contributed by atoms with Gasteiger partial charge in [-0.05, 0) is 78.3 Å². The smallest absolute Gasteiger partial charge is 0.414 e. The van der Waals surface area contributed by atoms with E-state index < -0.39 is 29.4 Å². The lowest BCUT2D eigenvalue weighted by molar-refractivity contribution is 0.0541. The zero-order valence-corrected chi connectivity index (χ0v) is 19.1. The fraction of sp³-hybridized carbons (Fsp3) is 0.524. The van der Waals surface area contributed by atoms with Gasteiger partial charge in [0.2, 0.25) is 5.96 Å². The number of carbonyl (C=O) groups excluding carboxylic acids is 3. The zero-order valence-electron chi connectivity index (χ0n) is 19.1. The van der Waals surface area contributed by atoms with Gasteiger partial charge in [-0.2, -0.15) is 0 Å². The Hall–Kier alpha value is -3.14. The van der Waals surface area contributed by atoms with Crippen molar-refractivity contribution >= 4 is 29.8 Å². The van der Waals surface area contributed by atoms with E-state index in [4.69, 9.17) is 19.9 Å². The Morgan fingerprint density at radius 1 is 0.935 bits per heavy atom. The standard InChI is InChI=1S/C21H32N4O6/c1-20(2,3)30-18(27)24-17(25-19(28)31-21(4,5)6)23-15-11-13(8-9-22)10-14(12-15)16(26)29-7/h10-12H,8-9,22H2,1-7H3,(H2,23,24,25,27,28). The van der Waals surface area contributed by atoms with Gasteiger partial charge in [0, 0.05) is 0 Å². The minimum Gasteiger partial charge on any atom is -0.465 e. The van der Waals surface area contributed by atoms with Crippen LogP contribution in [0.2, 0.25) is 0 Å². The zero-order chi connectivity index (χ0) is 23.8. The first-order valence-electron chi connectivity index (χ1n) is 9.73. The Balaban J connectivity index is 3.31. The van der Waals surface area contributed by atoms with Crippen LogP contribution in [0.3, 0.4) is 0 Å². The molecule has 0 aliphatic heterocycles. The molecule has 1 rings (SSSR count). The summed E-state index contributed by atoms with van der Waals surface area (Å²) in [5, 5.41) is 4.78. The van der Waals surface area contributed by atoms with Gasteiger partial charge in [-0.3, -0.25) is 10.6 Å². The summed E-state index contributed by atoms with van der Waals surface area (Å²) in [6.07, 6.45) is -1.16. The lowest BCUT2D eigenvalue weighted by atomic mass is 10.1. The molecule has 4 N–H and O–H groups in total. The first-order chi connectivity index (χ1) is 14.2. The number of benzene rings is 1. The molecule has 1 aromatic carbocycles. The number of methoxy groups -OCH3 is 1. The van der Waals surface area contributed by atoms with Gasteiger partial charge < -0.3 is 19.9 Å². The molecule has 2 amide bonds. The number of nitrogens with one attached hydrogen (secondary N) is 2. The molecule has 0 fully saturated rings. The van der Waals surface area contributed by atoms with Crippen LogP contribution in [0.4, 0.5) is 15.3 Å². The molecule has 0 saturated heterocycles. The summed E-state index contributed by atoms with van der Waals surface area (Å²) in [6.45, 7) is 10.5. The molecule has 31 heavy (non-hydrogen) atoms. The summed E-state index contributed by atoms with van der Waals surface area (Å²) in [4.78, 5) is 40.7. The molecule has 10 heteroatoms. The van der Waals surface area contributed by atoms with Crippen molar-refractivity contribution in [2.75, 3.05) is 13.7 Å². The molecular weight excluding hydrogens is 404 g/mol. The van der Waals surface area contributed by atoms with E-state index in [9.17, 15) is 14.4 Å². The average Bonchev–Trinajstić information content (AvgIpc) is 2.57. The number of amides is 2. The molecule has 0 unspecified atom stereocenters. The van der Waals surface area contributed by atoms with E-state index in [1.165, 1.54) is 13.2 Å². The molecule has 172 valence electrons. The molecule has 1 aromatic rings. The predicted molar refractivity (Wildman–Crippen MR) is 116 cm³/mol. The highest BCUT2D eigenvalue weighted by Gasteiger charge is 2.21. The van der Waals surface area contributed by atoms with Crippen LogP contribution in [-0.4, -0.2) is 49.0 Å². The monoisotopic (exact) mass is 436 g/mol. The first kappa shape index (κ1) is 25.9. The van der Waals surface area contributed by atoms with Crippen molar-refractivity contribution < 1.29 is 28.6 Å². The number of hydrogen-bond donors (Lipinski definition) is 3. The lowest BCUT2D eigenvalue weighted by Crippen LogP contribution is -2.47. The van der Waals surface area contributed by atoms with E-state index in [0.717, 1.165) is 5.56 Å². The van der Waals surface area contributed by atoms with Crippen LogP contribution in [0.5, 0.6) is 0 Å². The van der Waals surface area contributed by atoms with E-state index in [2.05, 4.69) is 15.6 Å². The second-order valence-corrected chi connectivity index (χ2v) is 8.63. The van der Waals surface area contributed by atoms with Crippen LogP contribution in [0, 0.1) is 0 Å². The van der Waals surface area contributed by atoms with Crippen LogP contribution in [0.25, 0.3) is 0 Å². The summed E-state index contributed by atoms with van der Waals surface area (Å²) in [7, 11) is 1.26. The molecule has 10 nitrogen and oxygen atoms in total. The third-order valence-electron chi connectivity index (χ3n) is 3.31. The SMILES string of the molecule is COC(=O)c1cc(CCN)cc(N=C(NC(=O)OC(C)(C)C)NC(=O)OC(C)(C)C)c1. The summed E-state index contributed by atoms with van der Waals surface area (Å²) in [5.41, 5.74) is 5.36. The molecular formula is C21H32N4O6. The Morgan fingerprint density at radius 3 is 1.87 bits per heavy atom. The summed E-state index contributed by atoms with van der Waals surface area (Å²) in [5.74, 6) is -0.790. The molecule has 0 aliphatic rings. The highest BCUT2D eigenvalue weighted by atomic mass is 16.6. The normalized spacial score (nSPS) is 11.2. The molecule has 0 aromatic heterocycles. The number of rotatable bonds is 4. The van der Waals surface area contributed by atoms with Gasteiger partial charge in [0.25, 0.3) is 0 Å². The maximum absolute atomic E-state index is 12.2. The Bertz CT molecular complexity index is 805. The number of hydrogen-bond acceptors (Lipinski definition) is 8. The van der Waals surface area contributed by atoms with E-state index in [1.54, 1.807) is 53.7 Å². The van der Waals surface area contributed by atoms with Gasteiger partial charge in [-0.15, -0.1) is 0 Å². The third-order valence-corrected chi connectivity index (χ3v) is 3.31. The summed E-state index contributed by atoms with van der Waals surface area (Å²) in [6, 6.07) is 4.77. The van der Waals surface area contributed by atoms with Crippen molar-refractivity contribution in [2.45, 2.75) is 59.2 Å². The lowest BCUT2D eigenvalue weighted by Gasteiger charge is -2.22. The second kappa shape index (κ2) is 10.8. The van der Waals surface area contributed by atoms with Gasteiger partial charge in [-0.25, -0.2) is 19.4 Å². The van der Waals surface area contributed by atoms with Crippen molar-refractivity contribution in [1.29, 1.82) is 0 Å².